The van der Waals surface area contributed by atoms with Crippen molar-refractivity contribution in [3.63, 3.8) is 0 Å². The van der Waals surface area contributed by atoms with Gasteiger partial charge in [0.1, 0.15) is 11.9 Å². The Bertz CT molecular complexity index is 659. The Hall–Kier alpha value is -0.790. The average molecular weight is 381 g/mol. The lowest BCUT2D eigenvalue weighted by Gasteiger charge is -2.36. The van der Waals surface area contributed by atoms with Crippen LogP contribution in [0.5, 0.6) is 5.75 Å². The molecule has 1 aliphatic heterocycles. The molecule has 1 aromatic rings. The van der Waals surface area contributed by atoms with Crippen LogP contribution in [0.25, 0.3) is 0 Å². The van der Waals surface area contributed by atoms with E-state index in [1.54, 1.807) is 18.2 Å². The van der Waals surface area contributed by atoms with E-state index in [1.807, 2.05) is 0 Å². The van der Waals surface area contributed by atoms with Crippen molar-refractivity contribution in [1.29, 1.82) is 0 Å². The maximum atomic E-state index is 10.3. The van der Waals surface area contributed by atoms with E-state index in [1.165, 1.54) is 12.1 Å². The van der Waals surface area contributed by atoms with Crippen LogP contribution in [0.4, 0.5) is 0 Å². The van der Waals surface area contributed by atoms with E-state index in [0.717, 1.165) is 0 Å². The average Bonchev–Trinajstić information content (AvgIpc) is 2.47. The summed E-state index contributed by atoms with van der Waals surface area (Å²) in [5.74, 6) is -3.08. The van der Waals surface area contributed by atoms with Gasteiger partial charge in [-0.05, 0) is 12.1 Å². The Kier molecular flexibility index (Phi) is 5.63. The van der Waals surface area contributed by atoms with Gasteiger partial charge in [-0.3, -0.25) is 0 Å². The fourth-order valence-corrected chi connectivity index (χ4v) is 6.41. The first kappa shape index (κ1) is 18.5. The topological polar surface area (TPSA) is 168 Å². The van der Waals surface area contributed by atoms with E-state index >= 15 is 0 Å². The van der Waals surface area contributed by atoms with Gasteiger partial charge in [0.15, 0.2) is 17.0 Å². The smallest absolute Gasteiger partial charge is 0.324 e. The second-order valence-corrected chi connectivity index (χ2v) is 9.01. The highest BCUT2D eigenvalue weighted by Gasteiger charge is 2.54. The Morgan fingerprint density at radius 2 is 1.74 bits per heavy atom. The van der Waals surface area contributed by atoms with Gasteiger partial charge in [0, 0.05) is 0 Å². The van der Waals surface area contributed by atoms with Gasteiger partial charge in [-0.15, -0.1) is 0 Å². The minimum atomic E-state index is -3.80. The zero-order valence-corrected chi connectivity index (χ0v) is 14.1. The summed E-state index contributed by atoms with van der Waals surface area (Å²) in [6, 6.07) is 8.06. The van der Waals surface area contributed by atoms with Gasteiger partial charge in [0.25, 0.3) is 11.5 Å². The van der Waals surface area contributed by atoms with Crippen molar-refractivity contribution in [2.75, 3.05) is 0 Å². The second-order valence-electron chi connectivity index (χ2n) is 4.58. The third kappa shape index (κ3) is 4.39. The molecule has 1 heterocycles. The van der Waals surface area contributed by atoms with Crippen LogP contribution >= 0.6 is 24.5 Å². The molecule has 6 N–H and O–H groups in total. The van der Waals surface area contributed by atoms with Gasteiger partial charge in [0.05, 0.1) is 6.42 Å². The standard InChI is InChI=1S/C10H14N3O7P3/c14-8(6-9(15,16)17)10(18,19)23(12-21-11-22-13-23)20-7-4-2-1-3-5-7/h1-5,8,14-19H,6H2. The van der Waals surface area contributed by atoms with Crippen molar-refractivity contribution < 1.29 is 35.2 Å². The van der Waals surface area contributed by atoms with Crippen molar-refractivity contribution in [3.05, 3.63) is 30.3 Å². The lowest BCUT2D eigenvalue weighted by Crippen LogP contribution is -2.47. The van der Waals surface area contributed by atoms with Crippen molar-refractivity contribution in [2.45, 2.75) is 24.0 Å². The van der Waals surface area contributed by atoms with Crippen LogP contribution in [-0.4, -0.2) is 48.2 Å². The normalized spacial score (nSPS) is 23.9. The molecule has 126 valence electrons. The van der Waals surface area contributed by atoms with Gasteiger partial charge in [0.2, 0.25) is 0 Å². The number of para-hydroxylation sites is 1. The second kappa shape index (κ2) is 6.99. The minimum absolute atomic E-state index is 0.121. The van der Waals surface area contributed by atoms with Gasteiger partial charge >= 0.3 is 7.43 Å². The lowest BCUT2D eigenvalue weighted by atomic mass is 10.2. The predicted molar refractivity (Wildman–Crippen MR) is 82.3 cm³/mol. The molecule has 0 aliphatic carbocycles. The number of hydrogen-bond acceptors (Lipinski definition) is 10. The molecule has 23 heavy (non-hydrogen) atoms. The Morgan fingerprint density at radius 3 is 2.26 bits per heavy atom. The highest BCUT2D eigenvalue weighted by molar-refractivity contribution is 7.70. The lowest BCUT2D eigenvalue weighted by molar-refractivity contribution is -0.333. The molecule has 0 saturated carbocycles. The Labute approximate surface area is 134 Å². The van der Waals surface area contributed by atoms with Crippen LogP contribution in [0.15, 0.2) is 43.9 Å². The number of nitrogens with zero attached hydrogens (tertiary/aromatic N) is 3. The number of rotatable bonds is 6. The molecular weight excluding hydrogens is 367 g/mol. The van der Waals surface area contributed by atoms with Crippen molar-refractivity contribution >= 4 is 24.5 Å². The summed E-state index contributed by atoms with van der Waals surface area (Å²) in [5.41, 5.74) is -3.06. The van der Waals surface area contributed by atoms with E-state index in [0.29, 0.717) is 0 Å². The largest absolute Gasteiger partial charge is 0.437 e. The van der Waals surface area contributed by atoms with Crippen LogP contribution in [0, 0.1) is 0 Å². The molecule has 0 fully saturated rings. The molecular formula is C10H14N3O7P3. The minimum Gasteiger partial charge on any atom is -0.437 e. The quantitative estimate of drug-likeness (QED) is 0.318. The molecule has 0 spiro atoms. The van der Waals surface area contributed by atoms with Gasteiger partial charge in [-0.1, -0.05) is 18.2 Å². The monoisotopic (exact) mass is 381 g/mol. The number of benzene rings is 1. The fourth-order valence-electron chi connectivity index (χ4n) is 1.63. The number of aliphatic hydroxyl groups excluding tert-OH is 1. The maximum Gasteiger partial charge on any atom is 0.324 e. The van der Waals surface area contributed by atoms with E-state index in [4.69, 9.17) is 19.8 Å². The van der Waals surface area contributed by atoms with Gasteiger partial charge in [-0.25, -0.2) is 0 Å². The molecule has 0 radical (unpaired) electrons. The molecule has 0 aromatic heterocycles. The first-order valence-corrected chi connectivity index (χ1v) is 9.36. The third-order valence-electron chi connectivity index (χ3n) is 2.72. The highest BCUT2D eigenvalue weighted by Crippen LogP contribution is 2.67. The Morgan fingerprint density at radius 1 is 1.09 bits per heavy atom. The molecule has 0 amide bonds. The van der Waals surface area contributed by atoms with E-state index in [2.05, 4.69) is 13.5 Å². The molecule has 2 atom stereocenters. The van der Waals surface area contributed by atoms with Crippen LogP contribution in [0.1, 0.15) is 6.42 Å². The summed E-state index contributed by atoms with van der Waals surface area (Å²) < 4.78 is 17.1. The molecule has 1 aromatic carbocycles. The van der Waals surface area contributed by atoms with E-state index < -0.39 is 31.5 Å². The zero-order chi connectivity index (χ0) is 17.1. The van der Waals surface area contributed by atoms with E-state index in [9.17, 15) is 15.3 Å². The number of hydrogen-bond donors (Lipinski definition) is 6. The van der Waals surface area contributed by atoms with Crippen LogP contribution < -0.4 is 4.52 Å². The van der Waals surface area contributed by atoms with Crippen molar-refractivity contribution in [3.8, 4) is 5.75 Å². The van der Waals surface area contributed by atoms with Gasteiger partial charge in [-0.2, -0.15) is 13.5 Å². The highest BCUT2D eigenvalue weighted by atomic mass is 31.2. The van der Waals surface area contributed by atoms with Crippen LogP contribution in [-0.2, 0) is 0 Å². The summed E-state index contributed by atoms with van der Waals surface area (Å²) in [6.45, 7) is 0. The third-order valence-corrected chi connectivity index (χ3v) is 7.56. The van der Waals surface area contributed by atoms with Crippen LogP contribution in [0.2, 0.25) is 0 Å². The van der Waals surface area contributed by atoms with E-state index in [-0.39, 0.29) is 22.8 Å². The maximum absolute atomic E-state index is 10.3. The molecule has 0 bridgehead atoms. The summed E-state index contributed by atoms with van der Waals surface area (Å²) >= 11 is 0. The summed E-state index contributed by atoms with van der Waals surface area (Å²) in [7, 11) is -3.56. The summed E-state index contributed by atoms with van der Waals surface area (Å²) in [4.78, 5) is 0. The van der Waals surface area contributed by atoms with Crippen LogP contribution in [0.3, 0.4) is 0 Å². The molecule has 2 unspecified atom stereocenters. The molecule has 2 rings (SSSR count). The first-order chi connectivity index (χ1) is 10.7. The van der Waals surface area contributed by atoms with Gasteiger partial charge < -0.3 is 35.2 Å². The fraction of sp³-hybridized carbons (Fsp3) is 0.400. The number of aliphatic hydroxyl groups is 6. The molecule has 1 aliphatic rings. The molecule has 13 heteroatoms. The summed E-state index contributed by atoms with van der Waals surface area (Å²) in [5, 5.41) is 57.4. The zero-order valence-electron chi connectivity index (χ0n) is 11.4. The summed E-state index contributed by atoms with van der Waals surface area (Å²) in [6.07, 6.45) is -3.37. The first-order valence-electron chi connectivity index (χ1n) is 6.15. The molecule has 10 nitrogen and oxygen atoms in total. The molecule has 0 saturated heterocycles. The van der Waals surface area contributed by atoms with Crippen molar-refractivity contribution in [2.24, 2.45) is 13.5 Å². The van der Waals surface area contributed by atoms with Crippen molar-refractivity contribution in [1.82, 2.24) is 0 Å². The SMILES string of the molecule is OC(CC(O)(O)O)C(O)(O)P1(Oc2ccccc2)=NP=NP=N1. The predicted octanol–water partition coefficient (Wildman–Crippen LogP) is 1.22. The Balaban J connectivity index is 2.41.